The minimum absolute atomic E-state index is 0.258. The van der Waals surface area contributed by atoms with Crippen LogP contribution >= 0.6 is 11.6 Å². The first kappa shape index (κ1) is 13.6. The number of anilines is 1. The Bertz CT molecular complexity index is 841. The van der Waals surface area contributed by atoms with Gasteiger partial charge >= 0.3 is 0 Å². The number of amides is 1. The Morgan fingerprint density at radius 2 is 2.10 bits per heavy atom. The Morgan fingerprint density at radius 3 is 2.86 bits per heavy atom. The molecule has 0 unspecified atom stereocenters. The SMILES string of the molecule is Cc1ccc2nc(C)c(C(=O)Nc3cccnc3Cl)n2c1. The fourth-order valence-electron chi connectivity index (χ4n) is 2.20. The zero-order chi connectivity index (χ0) is 15.0. The van der Waals surface area contributed by atoms with E-state index in [4.69, 9.17) is 11.6 Å². The Morgan fingerprint density at radius 1 is 1.29 bits per heavy atom. The van der Waals surface area contributed by atoms with Crippen LogP contribution in [0.5, 0.6) is 0 Å². The van der Waals surface area contributed by atoms with Crippen LogP contribution in [-0.2, 0) is 0 Å². The number of imidazole rings is 1. The van der Waals surface area contributed by atoms with E-state index in [-0.39, 0.29) is 11.1 Å². The van der Waals surface area contributed by atoms with E-state index in [0.717, 1.165) is 11.2 Å². The summed E-state index contributed by atoms with van der Waals surface area (Å²) in [5, 5.41) is 3.03. The van der Waals surface area contributed by atoms with Crippen molar-refractivity contribution in [1.82, 2.24) is 14.4 Å². The molecule has 0 aliphatic carbocycles. The van der Waals surface area contributed by atoms with Crippen LogP contribution in [0.1, 0.15) is 21.7 Å². The van der Waals surface area contributed by atoms with Gasteiger partial charge in [0.2, 0.25) is 0 Å². The molecule has 0 bridgehead atoms. The lowest BCUT2D eigenvalue weighted by Gasteiger charge is -2.07. The number of hydrogen-bond donors (Lipinski definition) is 1. The number of rotatable bonds is 2. The molecular weight excluding hydrogens is 288 g/mol. The van der Waals surface area contributed by atoms with Crippen LogP contribution in [0.2, 0.25) is 5.15 Å². The molecule has 0 aliphatic heterocycles. The standard InChI is InChI=1S/C15H13ClN4O/c1-9-5-6-12-18-10(2)13(20(12)8-9)15(21)19-11-4-3-7-17-14(11)16/h3-8H,1-2H3,(H,19,21). The molecule has 0 aromatic carbocycles. The first-order chi connectivity index (χ1) is 10.1. The van der Waals surface area contributed by atoms with Crippen LogP contribution < -0.4 is 5.32 Å². The van der Waals surface area contributed by atoms with Crippen LogP contribution in [0.4, 0.5) is 5.69 Å². The van der Waals surface area contributed by atoms with Crippen LogP contribution in [0, 0.1) is 13.8 Å². The highest BCUT2D eigenvalue weighted by molar-refractivity contribution is 6.32. The maximum atomic E-state index is 12.5. The number of carbonyl (C=O) groups is 1. The summed E-state index contributed by atoms with van der Waals surface area (Å²) >= 11 is 5.96. The monoisotopic (exact) mass is 300 g/mol. The number of aromatic nitrogens is 3. The Labute approximate surface area is 126 Å². The van der Waals surface area contributed by atoms with Crippen LogP contribution in [0.15, 0.2) is 36.7 Å². The largest absolute Gasteiger partial charge is 0.318 e. The fourth-order valence-corrected chi connectivity index (χ4v) is 2.37. The van der Waals surface area contributed by atoms with Gasteiger partial charge < -0.3 is 5.32 Å². The number of hydrogen-bond acceptors (Lipinski definition) is 3. The molecule has 3 aromatic rings. The van der Waals surface area contributed by atoms with Crippen molar-refractivity contribution in [3.63, 3.8) is 0 Å². The van der Waals surface area contributed by atoms with E-state index in [1.807, 2.05) is 32.2 Å². The zero-order valence-corrected chi connectivity index (χ0v) is 12.3. The Balaban J connectivity index is 2.04. The lowest BCUT2D eigenvalue weighted by molar-refractivity contribution is 0.102. The van der Waals surface area contributed by atoms with Crippen molar-refractivity contribution in [2.45, 2.75) is 13.8 Å². The molecular formula is C15H13ClN4O. The summed E-state index contributed by atoms with van der Waals surface area (Å²) in [7, 11) is 0. The van der Waals surface area contributed by atoms with E-state index in [0.29, 0.717) is 17.1 Å². The number of halogens is 1. The molecule has 106 valence electrons. The fraction of sp³-hybridized carbons (Fsp3) is 0.133. The lowest BCUT2D eigenvalue weighted by Crippen LogP contribution is -2.16. The van der Waals surface area contributed by atoms with Gasteiger partial charge in [-0.2, -0.15) is 0 Å². The highest BCUT2D eigenvalue weighted by atomic mass is 35.5. The van der Waals surface area contributed by atoms with Crippen molar-refractivity contribution in [2.75, 3.05) is 5.32 Å². The Hall–Kier alpha value is -2.40. The van der Waals surface area contributed by atoms with Crippen LogP contribution in [-0.4, -0.2) is 20.3 Å². The van der Waals surface area contributed by atoms with Gasteiger partial charge in [0.05, 0.1) is 11.4 Å². The summed E-state index contributed by atoms with van der Waals surface area (Å²) in [6.45, 7) is 3.77. The minimum Gasteiger partial charge on any atom is -0.318 e. The second-order valence-electron chi connectivity index (χ2n) is 4.78. The summed E-state index contributed by atoms with van der Waals surface area (Å²) in [5.41, 5.74) is 3.42. The van der Waals surface area contributed by atoms with Gasteiger partial charge in [-0.05, 0) is 37.6 Å². The van der Waals surface area contributed by atoms with Crippen LogP contribution in [0.25, 0.3) is 5.65 Å². The molecule has 3 aromatic heterocycles. The number of aryl methyl sites for hydroxylation is 2. The molecule has 6 heteroatoms. The van der Waals surface area contributed by atoms with Crippen molar-refractivity contribution >= 4 is 28.8 Å². The molecule has 0 atom stereocenters. The number of fused-ring (bicyclic) bond motifs is 1. The third-order valence-electron chi connectivity index (χ3n) is 3.16. The van der Waals surface area contributed by atoms with Crippen LogP contribution in [0.3, 0.4) is 0 Å². The summed E-state index contributed by atoms with van der Waals surface area (Å²) in [6.07, 6.45) is 3.45. The molecule has 0 spiro atoms. The van der Waals surface area contributed by atoms with E-state index in [2.05, 4.69) is 15.3 Å². The normalized spacial score (nSPS) is 10.8. The van der Waals surface area contributed by atoms with E-state index in [9.17, 15) is 4.79 Å². The van der Waals surface area contributed by atoms with Gasteiger partial charge in [0, 0.05) is 12.4 Å². The third kappa shape index (κ3) is 2.48. The highest BCUT2D eigenvalue weighted by Gasteiger charge is 2.17. The second-order valence-corrected chi connectivity index (χ2v) is 5.13. The highest BCUT2D eigenvalue weighted by Crippen LogP contribution is 2.20. The first-order valence-corrected chi connectivity index (χ1v) is 6.81. The predicted molar refractivity (Wildman–Crippen MR) is 81.9 cm³/mol. The molecule has 1 amide bonds. The van der Waals surface area contributed by atoms with E-state index in [1.165, 1.54) is 0 Å². The van der Waals surface area contributed by atoms with Gasteiger partial charge in [-0.25, -0.2) is 9.97 Å². The number of carbonyl (C=O) groups excluding carboxylic acids is 1. The number of nitrogens with one attached hydrogen (secondary N) is 1. The number of pyridine rings is 2. The Kier molecular flexibility index (Phi) is 3.35. The molecule has 1 N–H and O–H groups in total. The molecule has 0 radical (unpaired) electrons. The number of nitrogens with zero attached hydrogens (tertiary/aromatic N) is 3. The molecule has 0 aliphatic rings. The van der Waals surface area contributed by atoms with Gasteiger partial charge in [0.15, 0.2) is 5.15 Å². The predicted octanol–water partition coefficient (Wildman–Crippen LogP) is 3.25. The van der Waals surface area contributed by atoms with Crippen molar-refractivity contribution in [3.05, 3.63) is 58.8 Å². The molecule has 0 fully saturated rings. The summed E-state index contributed by atoms with van der Waals surface area (Å²) in [5.74, 6) is -0.263. The molecule has 3 rings (SSSR count). The maximum absolute atomic E-state index is 12.5. The van der Waals surface area contributed by atoms with E-state index in [1.54, 1.807) is 22.7 Å². The molecule has 5 nitrogen and oxygen atoms in total. The van der Waals surface area contributed by atoms with Gasteiger partial charge in [-0.3, -0.25) is 9.20 Å². The van der Waals surface area contributed by atoms with Gasteiger partial charge in [0.25, 0.3) is 5.91 Å². The van der Waals surface area contributed by atoms with Crippen molar-refractivity contribution in [3.8, 4) is 0 Å². The van der Waals surface area contributed by atoms with E-state index < -0.39 is 0 Å². The average molecular weight is 301 g/mol. The third-order valence-corrected chi connectivity index (χ3v) is 3.46. The topological polar surface area (TPSA) is 59.3 Å². The molecule has 3 heterocycles. The molecule has 0 saturated heterocycles. The molecule has 21 heavy (non-hydrogen) atoms. The van der Waals surface area contributed by atoms with E-state index >= 15 is 0 Å². The summed E-state index contributed by atoms with van der Waals surface area (Å²) < 4.78 is 1.78. The van der Waals surface area contributed by atoms with Gasteiger partial charge in [-0.15, -0.1) is 0 Å². The second kappa shape index (κ2) is 5.18. The maximum Gasteiger partial charge on any atom is 0.274 e. The quantitative estimate of drug-likeness (QED) is 0.739. The van der Waals surface area contributed by atoms with Crippen molar-refractivity contribution < 1.29 is 4.79 Å². The van der Waals surface area contributed by atoms with Gasteiger partial charge in [-0.1, -0.05) is 17.7 Å². The summed E-state index contributed by atoms with van der Waals surface area (Å²) in [4.78, 5) is 20.8. The molecule has 0 saturated carbocycles. The minimum atomic E-state index is -0.263. The smallest absolute Gasteiger partial charge is 0.274 e. The average Bonchev–Trinajstić information content (AvgIpc) is 2.76. The zero-order valence-electron chi connectivity index (χ0n) is 11.6. The van der Waals surface area contributed by atoms with Crippen molar-refractivity contribution in [1.29, 1.82) is 0 Å². The van der Waals surface area contributed by atoms with Crippen molar-refractivity contribution in [2.24, 2.45) is 0 Å². The first-order valence-electron chi connectivity index (χ1n) is 6.43. The van der Waals surface area contributed by atoms with Gasteiger partial charge in [0.1, 0.15) is 11.3 Å². The summed E-state index contributed by atoms with van der Waals surface area (Å²) in [6, 6.07) is 7.27. The lowest BCUT2D eigenvalue weighted by atomic mass is 10.3.